The van der Waals surface area contributed by atoms with Crippen molar-refractivity contribution in [2.45, 2.75) is 37.0 Å². The van der Waals surface area contributed by atoms with E-state index in [2.05, 4.69) is 10.2 Å². The lowest BCUT2D eigenvalue weighted by atomic mass is 9.96. The SMILES string of the molecule is CN(CC1CCN(CC2CNC(=O)CO2)CC1)S(=O)(=O)C1CC1. The molecule has 0 spiro atoms. The molecule has 23 heavy (non-hydrogen) atoms. The molecule has 2 heterocycles. The molecule has 0 aromatic heterocycles. The molecule has 8 heteroatoms. The Morgan fingerprint density at radius 3 is 2.52 bits per heavy atom. The third kappa shape index (κ3) is 4.43. The first kappa shape index (κ1) is 17.1. The fourth-order valence-corrected chi connectivity index (χ4v) is 5.04. The maximum Gasteiger partial charge on any atom is 0.246 e. The number of nitrogens with one attached hydrogen (secondary N) is 1. The van der Waals surface area contributed by atoms with Crippen LogP contribution in [0, 0.1) is 5.92 Å². The first-order valence-corrected chi connectivity index (χ1v) is 10.0. The Hall–Kier alpha value is -0.700. The van der Waals surface area contributed by atoms with Gasteiger partial charge in [-0.1, -0.05) is 0 Å². The molecule has 3 fully saturated rings. The topological polar surface area (TPSA) is 79.0 Å². The highest BCUT2D eigenvalue weighted by atomic mass is 32.2. The number of ether oxygens (including phenoxy) is 1. The second kappa shape index (κ2) is 7.04. The fraction of sp³-hybridized carbons (Fsp3) is 0.933. The minimum atomic E-state index is -3.05. The number of carbonyl (C=O) groups is 1. The van der Waals surface area contributed by atoms with Crippen LogP contribution in [0.1, 0.15) is 25.7 Å². The minimum absolute atomic E-state index is 0.0418. The third-order valence-corrected chi connectivity index (χ3v) is 7.37. The van der Waals surface area contributed by atoms with E-state index in [0.29, 0.717) is 19.0 Å². The molecule has 3 aliphatic rings. The average Bonchev–Trinajstić information content (AvgIpc) is 3.36. The first-order valence-electron chi connectivity index (χ1n) is 8.51. The molecule has 1 atom stereocenters. The van der Waals surface area contributed by atoms with Crippen molar-refractivity contribution in [2.24, 2.45) is 5.92 Å². The molecule has 1 N–H and O–H groups in total. The molecule has 1 saturated carbocycles. The van der Waals surface area contributed by atoms with Crippen LogP contribution >= 0.6 is 0 Å². The van der Waals surface area contributed by atoms with Gasteiger partial charge in [0.15, 0.2) is 0 Å². The third-order valence-electron chi connectivity index (χ3n) is 5.04. The second-order valence-electron chi connectivity index (χ2n) is 7.01. The molecule has 7 nitrogen and oxygen atoms in total. The highest BCUT2D eigenvalue weighted by Crippen LogP contribution is 2.31. The Morgan fingerprint density at radius 1 is 1.26 bits per heavy atom. The number of carbonyl (C=O) groups excluding carboxylic acids is 1. The Kier molecular flexibility index (Phi) is 5.25. The number of piperidine rings is 1. The molecule has 1 unspecified atom stereocenters. The Balaban J connectivity index is 1.39. The van der Waals surface area contributed by atoms with Crippen molar-refractivity contribution in [1.82, 2.24) is 14.5 Å². The van der Waals surface area contributed by atoms with E-state index < -0.39 is 10.0 Å². The highest BCUT2D eigenvalue weighted by molar-refractivity contribution is 7.90. The van der Waals surface area contributed by atoms with Gasteiger partial charge in [-0.15, -0.1) is 0 Å². The molecule has 2 aliphatic heterocycles. The maximum absolute atomic E-state index is 12.2. The monoisotopic (exact) mass is 345 g/mol. The van der Waals surface area contributed by atoms with Gasteiger partial charge in [-0.2, -0.15) is 0 Å². The van der Waals surface area contributed by atoms with Crippen LogP contribution in [0.25, 0.3) is 0 Å². The van der Waals surface area contributed by atoms with Crippen LogP contribution in [0.15, 0.2) is 0 Å². The van der Waals surface area contributed by atoms with E-state index in [1.54, 1.807) is 11.4 Å². The van der Waals surface area contributed by atoms with Crippen molar-refractivity contribution in [2.75, 3.05) is 46.4 Å². The summed E-state index contributed by atoms with van der Waals surface area (Å²) in [6, 6.07) is 0. The number of rotatable bonds is 6. The smallest absolute Gasteiger partial charge is 0.246 e. The van der Waals surface area contributed by atoms with Gasteiger partial charge >= 0.3 is 0 Å². The molecular formula is C15H27N3O4S. The van der Waals surface area contributed by atoms with Gasteiger partial charge in [0.2, 0.25) is 15.9 Å². The van der Waals surface area contributed by atoms with Gasteiger partial charge in [-0.25, -0.2) is 12.7 Å². The van der Waals surface area contributed by atoms with Crippen LogP contribution in [0.4, 0.5) is 0 Å². The van der Waals surface area contributed by atoms with Crippen LogP contribution in [-0.4, -0.2) is 81.3 Å². The number of hydrogen-bond acceptors (Lipinski definition) is 5. The van der Waals surface area contributed by atoms with E-state index in [1.165, 1.54) is 0 Å². The summed E-state index contributed by atoms with van der Waals surface area (Å²) in [6.45, 7) is 4.16. The van der Waals surface area contributed by atoms with Crippen LogP contribution in [0.5, 0.6) is 0 Å². The van der Waals surface area contributed by atoms with Crippen LogP contribution < -0.4 is 5.32 Å². The van der Waals surface area contributed by atoms with Crippen molar-refractivity contribution >= 4 is 15.9 Å². The number of nitrogens with zero attached hydrogens (tertiary/aromatic N) is 2. The summed E-state index contributed by atoms with van der Waals surface area (Å²) in [5.41, 5.74) is 0. The van der Waals surface area contributed by atoms with Crippen molar-refractivity contribution in [3.05, 3.63) is 0 Å². The Labute approximate surface area is 138 Å². The largest absolute Gasteiger partial charge is 0.365 e. The van der Waals surface area contributed by atoms with Gasteiger partial charge < -0.3 is 15.0 Å². The molecule has 1 amide bonds. The predicted octanol–water partition coefficient (Wildman–Crippen LogP) is -0.363. The van der Waals surface area contributed by atoms with Gasteiger partial charge in [0, 0.05) is 26.7 Å². The highest BCUT2D eigenvalue weighted by Gasteiger charge is 2.39. The van der Waals surface area contributed by atoms with E-state index in [4.69, 9.17) is 4.74 Å². The molecule has 0 aromatic carbocycles. The van der Waals surface area contributed by atoms with Gasteiger partial charge in [0.05, 0.1) is 11.4 Å². The lowest BCUT2D eigenvalue weighted by Crippen LogP contribution is -2.49. The van der Waals surface area contributed by atoms with E-state index in [1.807, 2.05) is 0 Å². The van der Waals surface area contributed by atoms with Crippen LogP contribution in [0.3, 0.4) is 0 Å². The zero-order valence-corrected chi connectivity index (χ0v) is 14.6. The van der Waals surface area contributed by atoms with E-state index >= 15 is 0 Å². The number of hydrogen-bond donors (Lipinski definition) is 1. The lowest BCUT2D eigenvalue weighted by molar-refractivity contribution is -0.134. The van der Waals surface area contributed by atoms with Crippen LogP contribution in [0.2, 0.25) is 0 Å². The number of sulfonamides is 1. The van der Waals surface area contributed by atoms with Gasteiger partial charge in [0.25, 0.3) is 0 Å². The second-order valence-corrected chi connectivity index (χ2v) is 9.33. The number of likely N-dealkylation sites (tertiary alicyclic amines) is 1. The first-order chi connectivity index (χ1) is 10.9. The van der Waals surface area contributed by atoms with E-state index in [9.17, 15) is 13.2 Å². The standard InChI is InChI=1S/C15H27N3O4S/c1-17(23(20,21)14-2-3-14)9-12-4-6-18(7-5-12)10-13-8-16-15(19)11-22-13/h12-14H,2-11H2,1H3,(H,16,19). The zero-order chi connectivity index (χ0) is 16.4. The summed E-state index contributed by atoms with van der Waals surface area (Å²) >= 11 is 0. The average molecular weight is 345 g/mol. The lowest BCUT2D eigenvalue weighted by Gasteiger charge is -2.36. The van der Waals surface area contributed by atoms with Gasteiger partial charge in [-0.05, 0) is 44.7 Å². The molecular weight excluding hydrogens is 318 g/mol. The summed E-state index contributed by atoms with van der Waals surface area (Å²) in [4.78, 5) is 13.4. The Bertz CT molecular complexity index is 517. The molecule has 132 valence electrons. The van der Waals surface area contributed by atoms with Gasteiger partial charge in [-0.3, -0.25) is 4.79 Å². The van der Waals surface area contributed by atoms with Gasteiger partial charge in [0.1, 0.15) is 6.61 Å². The summed E-state index contributed by atoms with van der Waals surface area (Å²) in [5, 5.41) is 2.71. The minimum Gasteiger partial charge on any atom is -0.365 e. The molecule has 0 bridgehead atoms. The summed E-state index contributed by atoms with van der Waals surface area (Å²) < 4.78 is 31.5. The van der Waals surface area contributed by atoms with E-state index in [0.717, 1.165) is 45.3 Å². The molecule has 3 rings (SSSR count). The normalized spacial score (nSPS) is 28.1. The molecule has 1 aliphatic carbocycles. The van der Waals surface area contributed by atoms with E-state index in [-0.39, 0.29) is 23.9 Å². The molecule has 0 aromatic rings. The predicted molar refractivity (Wildman–Crippen MR) is 86.5 cm³/mol. The van der Waals surface area contributed by atoms with Crippen molar-refractivity contribution < 1.29 is 17.9 Å². The number of amides is 1. The van der Waals surface area contributed by atoms with Crippen molar-refractivity contribution in [1.29, 1.82) is 0 Å². The van der Waals surface area contributed by atoms with Crippen molar-refractivity contribution in [3.63, 3.8) is 0 Å². The molecule has 0 radical (unpaired) electrons. The Morgan fingerprint density at radius 2 is 1.96 bits per heavy atom. The summed E-state index contributed by atoms with van der Waals surface area (Å²) in [5.74, 6) is 0.400. The number of morpholine rings is 1. The summed E-state index contributed by atoms with van der Waals surface area (Å²) in [6.07, 6.45) is 3.75. The van der Waals surface area contributed by atoms with Crippen LogP contribution in [-0.2, 0) is 19.6 Å². The summed E-state index contributed by atoms with van der Waals surface area (Å²) in [7, 11) is -1.33. The zero-order valence-electron chi connectivity index (χ0n) is 13.7. The fourth-order valence-electron chi connectivity index (χ4n) is 3.38. The van der Waals surface area contributed by atoms with Crippen molar-refractivity contribution in [3.8, 4) is 0 Å². The quantitative estimate of drug-likeness (QED) is 0.711. The maximum atomic E-state index is 12.2. The molecule has 2 saturated heterocycles.